The first-order valence-corrected chi connectivity index (χ1v) is 10.8. The third kappa shape index (κ3) is 3.44. The Balaban J connectivity index is 2.22. The second kappa shape index (κ2) is 8.25. The van der Waals surface area contributed by atoms with E-state index in [1.54, 1.807) is 91.0 Å². The van der Waals surface area contributed by atoms with Crippen molar-refractivity contribution in [1.82, 2.24) is 4.98 Å². The zero-order chi connectivity index (χ0) is 21.1. The summed E-state index contributed by atoms with van der Waals surface area (Å²) in [5.41, 5.74) is -1.01. The van der Waals surface area contributed by atoms with Gasteiger partial charge in [0, 0.05) is 15.9 Å². The van der Waals surface area contributed by atoms with Gasteiger partial charge in [-0.3, -0.25) is 0 Å². The van der Waals surface area contributed by atoms with Gasteiger partial charge in [-0.2, -0.15) is 22.5 Å². The van der Waals surface area contributed by atoms with E-state index in [9.17, 15) is 17.6 Å². The van der Waals surface area contributed by atoms with E-state index in [1.807, 2.05) is 0 Å². The summed E-state index contributed by atoms with van der Waals surface area (Å²) < 4.78 is 61.4. The standard InChI is InChI=1S/C23H15F4N2P/c24-19-21(20(25)23(27)28-22(19)26)29-30(16-10-4-1-5-11-16,17-12-6-2-7-13-17)18-14-8-3-9-15-18/h1-15H. The van der Waals surface area contributed by atoms with Crippen LogP contribution in [0.15, 0.2) is 95.7 Å². The van der Waals surface area contributed by atoms with Gasteiger partial charge in [-0.25, -0.2) is 4.74 Å². The van der Waals surface area contributed by atoms with E-state index in [-0.39, 0.29) is 0 Å². The summed E-state index contributed by atoms with van der Waals surface area (Å²) in [5.74, 6) is -6.72. The van der Waals surface area contributed by atoms with Crippen LogP contribution >= 0.6 is 7.05 Å². The van der Waals surface area contributed by atoms with E-state index < -0.39 is 36.3 Å². The molecular weight excluding hydrogens is 411 g/mol. The molecule has 0 amide bonds. The van der Waals surface area contributed by atoms with Crippen LogP contribution in [0.2, 0.25) is 0 Å². The fraction of sp³-hybridized carbons (Fsp3) is 0. The van der Waals surface area contributed by atoms with Crippen molar-refractivity contribution >= 4 is 28.7 Å². The van der Waals surface area contributed by atoms with Gasteiger partial charge in [0.1, 0.15) is 5.69 Å². The Kier molecular flexibility index (Phi) is 5.51. The van der Waals surface area contributed by atoms with E-state index in [0.29, 0.717) is 15.9 Å². The molecule has 0 N–H and O–H groups in total. The van der Waals surface area contributed by atoms with Crippen LogP contribution in [0.25, 0.3) is 0 Å². The average Bonchev–Trinajstić information content (AvgIpc) is 2.80. The van der Waals surface area contributed by atoms with E-state index in [2.05, 4.69) is 9.73 Å². The molecule has 0 saturated carbocycles. The summed E-state index contributed by atoms with van der Waals surface area (Å²) in [7, 11) is -3.08. The molecular formula is C23H15F4N2P. The van der Waals surface area contributed by atoms with Gasteiger partial charge in [0.05, 0.1) is 7.05 Å². The maximum atomic E-state index is 14.6. The number of aromatic nitrogens is 1. The summed E-state index contributed by atoms with van der Waals surface area (Å²) in [6.45, 7) is 0. The molecule has 150 valence electrons. The highest BCUT2D eigenvalue weighted by molar-refractivity contribution is 7.87. The number of rotatable bonds is 4. The molecule has 1 aromatic heterocycles. The van der Waals surface area contributed by atoms with E-state index in [4.69, 9.17) is 0 Å². The number of pyridine rings is 1. The molecule has 2 nitrogen and oxygen atoms in total. The molecule has 0 spiro atoms. The van der Waals surface area contributed by atoms with Gasteiger partial charge in [-0.05, 0) is 0 Å². The van der Waals surface area contributed by atoms with E-state index in [0.717, 1.165) is 0 Å². The molecule has 1 heterocycles. The van der Waals surface area contributed by atoms with E-state index >= 15 is 0 Å². The molecule has 0 bridgehead atoms. The van der Waals surface area contributed by atoms with Crippen LogP contribution in [0, 0.1) is 23.5 Å². The summed E-state index contributed by atoms with van der Waals surface area (Å²) >= 11 is 0. The van der Waals surface area contributed by atoms with Gasteiger partial charge in [0.25, 0.3) is 11.9 Å². The monoisotopic (exact) mass is 426 g/mol. The molecule has 0 aliphatic heterocycles. The highest BCUT2D eigenvalue weighted by atomic mass is 31.2. The molecule has 0 radical (unpaired) electrons. The lowest BCUT2D eigenvalue weighted by atomic mass is 10.4. The van der Waals surface area contributed by atoms with Crippen molar-refractivity contribution in [2.75, 3.05) is 0 Å². The Morgan fingerprint density at radius 2 is 0.867 bits per heavy atom. The van der Waals surface area contributed by atoms with Crippen molar-refractivity contribution in [1.29, 1.82) is 0 Å². The number of hydrogen-bond acceptors (Lipinski definition) is 2. The second-order valence-corrected chi connectivity index (χ2v) is 9.43. The average molecular weight is 426 g/mol. The predicted octanol–water partition coefficient (Wildman–Crippen LogP) is 5.45. The smallest absolute Gasteiger partial charge is 0.247 e. The van der Waals surface area contributed by atoms with Crippen LogP contribution < -0.4 is 15.9 Å². The molecule has 7 heteroatoms. The third-order valence-corrected chi connectivity index (χ3v) is 8.25. The fourth-order valence-electron chi connectivity index (χ4n) is 3.27. The van der Waals surface area contributed by atoms with Gasteiger partial charge >= 0.3 is 0 Å². The summed E-state index contributed by atoms with van der Waals surface area (Å²) in [5, 5.41) is 2.04. The Labute approximate surface area is 170 Å². The Morgan fingerprint density at radius 3 is 1.20 bits per heavy atom. The molecule has 0 aliphatic rings. The SMILES string of the molecule is Fc1nc(F)c(F)c(N=P(c2ccccc2)(c2ccccc2)c2ccccc2)c1F. The first-order chi connectivity index (χ1) is 14.5. The maximum absolute atomic E-state index is 14.6. The number of hydrogen-bond donors (Lipinski definition) is 0. The molecule has 0 atom stereocenters. The zero-order valence-electron chi connectivity index (χ0n) is 15.5. The van der Waals surface area contributed by atoms with E-state index in [1.165, 1.54) is 0 Å². The normalized spacial score (nSPS) is 11.3. The third-order valence-electron chi connectivity index (χ3n) is 4.61. The van der Waals surface area contributed by atoms with Gasteiger partial charge in [-0.1, -0.05) is 91.0 Å². The first kappa shape index (κ1) is 20.0. The lowest BCUT2D eigenvalue weighted by molar-refractivity contribution is 0.410. The van der Waals surface area contributed by atoms with Gasteiger partial charge in [-0.15, -0.1) is 0 Å². The van der Waals surface area contributed by atoms with Crippen LogP contribution in [0.5, 0.6) is 0 Å². The van der Waals surface area contributed by atoms with Crippen molar-refractivity contribution in [2.24, 2.45) is 4.74 Å². The minimum absolute atomic E-state index is 0.679. The molecule has 4 aromatic rings. The predicted molar refractivity (Wildman–Crippen MR) is 111 cm³/mol. The van der Waals surface area contributed by atoms with Crippen molar-refractivity contribution in [2.45, 2.75) is 0 Å². The summed E-state index contributed by atoms with van der Waals surface area (Å²) in [6, 6.07) is 26.9. The fourth-order valence-corrected chi connectivity index (χ4v) is 6.79. The summed E-state index contributed by atoms with van der Waals surface area (Å²) in [4.78, 5) is 2.65. The molecule has 4 rings (SSSR count). The van der Waals surface area contributed by atoms with Gasteiger partial charge in [0.2, 0.25) is 11.6 Å². The lowest BCUT2D eigenvalue weighted by Gasteiger charge is -2.27. The molecule has 0 fully saturated rings. The quantitative estimate of drug-likeness (QED) is 0.242. The summed E-state index contributed by atoms with van der Waals surface area (Å²) in [6.07, 6.45) is 0. The first-order valence-electron chi connectivity index (χ1n) is 9.03. The lowest BCUT2D eigenvalue weighted by Crippen LogP contribution is -2.25. The molecule has 0 aliphatic carbocycles. The largest absolute Gasteiger partial charge is 0.254 e. The van der Waals surface area contributed by atoms with Crippen molar-refractivity contribution in [3.05, 3.63) is 115 Å². The van der Waals surface area contributed by atoms with Gasteiger partial charge < -0.3 is 0 Å². The molecule has 0 saturated heterocycles. The minimum atomic E-state index is -3.08. The zero-order valence-corrected chi connectivity index (χ0v) is 16.4. The topological polar surface area (TPSA) is 25.2 Å². The van der Waals surface area contributed by atoms with Crippen LogP contribution in [0.3, 0.4) is 0 Å². The molecule has 30 heavy (non-hydrogen) atoms. The van der Waals surface area contributed by atoms with Crippen molar-refractivity contribution < 1.29 is 17.6 Å². The maximum Gasteiger partial charge on any atom is 0.254 e. The Bertz CT molecular complexity index is 1100. The van der Waals surface area contributed by atoms with Crippen LogP contribution in [-0.4, -0.2) is 4.98 Å². The Morgan fingerprint density at radius 1 is 0.533 bits per heavy atom. The van der Waals surface area contributed by atoms with Crippen molar-refractivity contribution in [3.63, 3.8) is 0 Å². The highest BCUT2D eigenvalue weighted by Crippen LogP contribution is 2.50. The second-order valence-electron chi connectivity index (χ2n) is 6.41. The number of benzene rings is 3. The van der Waals surface area contributed by atoms with Crippen LogP contribution in [-0.2, 0) is 0 Å². The highest BCUT2D eigenvalue weighted by Gasteiger charge is 2.30. The van der Waals surface area contributed by atoms with Crippen LogP contribution in [0.1, 0.15) is 0 Å². The molecule has 3 aromatic carbocycles. The Hall–Kier alpha value is -3.24. The number of halogens is 4. The van der Waals surface area contributed by atoms with Crippen molar-refractivity contribution in [3.8, 4) is 0 Å². The number of nitrogens with zero attached hydrogens (tertiary/aromatic N) is 2. The minimum Gasteiger partial charge on any atom is -0.247 e. The van der Waals surface area contributed by atoms with Gasteiger partial charge in [0.15, 0.2) is 0 Å². The molecule has 0 unspecified atom stereocenters. The van der Waals surface area contributed by atoms with Crippen LogP contribution in [0.4, 0.5) is 23.2 Å².